The van der Waals surface area contributed by atoms with Crippen molar-refractivity contribution in [3.63, 3.8) is 0 Å². The van der Waals surface area contributed by atoms with Crippen LogP contribution < -0.4 is 14.4 Å². The van der Waals surface area contributed by atoms with Gasteiger partial charge in [0.2, 0.25) is 0 Å². The van der Waals surface area contributed by atoms with Crippen LogP contribution in [-0.2, 0) is 9.53 Å². The quantitative estimate of drug-likeness (QED) is 0.518. The van der Waals surface area contributed by atoms with Crippen molar-refractivity contribution in [3.8, 4) is 11.5 Å². The Balaban J connectivity index is 1.61. The second kappa shape index (κ2) is 9.20. The lowest BCUT2D eigenvalue weighted by molar-refractivity contribution is -0.120. The number of amides is 1. The Morgan fingerprint density at radius 2 is 2.23 bits per heavy atom. The molecule has 1 aliphatic heterocycles. The van der Waals surface area contributed by atoms with Gasteiger partial charge in [-0.3, -0.25) is 9.69 Å². The van der Waals surface area contributed by atoms with Crippen LogP contribution in [-0.4, -0.2) is 43.9 Å². The standard InChI is InChI=1S/C22H23ClN2O4S/c1-14-5-3-6-15(11-14)29-13-19(26)25(12-16-7-4-10-28-16)22-24-20-18(27-2)9-8-17(23)21(20)30-22/h3,5-6,8-9,11,16H,4,7,10,12-13H2,1-2H3. The molecule has 1 aliphatic rings. The van der Waals surface area contributed by atoms with Gasteiger partial charge in [0.15, 0.2) is 11.7 Å². The van der Waals surface area contributed by atoms with Crippen LogP contribution >= 0.6 is 22.9 Å². The number of aryl methyl sites for hydroxylation is 1. The first-order valence-electron chi connectivity index (χ1n) is 9.79. The highest BCUT2D eigenvalue weighted by Gasteiger charge is 2.27. The topological polar surface area (TPSA) is 60.9 Å². The van der Waals surface area contributed by atoms with Gasteiger partial charge in [0.25, 0.3) is 5.91 Å². The van der Waals surface area contributed by atoms with Gasteiger partial charge < -0.3 is 14.2 Å². The van der Waals surface area contributed by atoms with Gasteiger partial charge in [0.1, 0.15) is 17.0 Å². The maximum Gasteiger partial charge on any atom is 0.266 e. The summed E-state index contributed by atoms with van der Waals surface area (Å²) < 4.78 is 17.7. The molecule has 30 heavy (non-hydrogen) atoms. The van der Waals surface area contributed by atoms with E-state index in [0.29, 0.717) is 40.3 Å². The fourth-order valence-corrected chi connectivity index (χ4v) is 4.71. The SMILES string of the molecule is COc1ccc(Cl)c2sc(N(CC3CCCO3)C(=O)COc3cccc(C)c3)nc12. The Morgan fingerprint density at radius 3 is 2.97 bits per heavy atom. The Hall–Kier alpha value is -2.35. The van der Waals surface area contributed by atoms with Crippen molar-refractivity contribution in [2.45, 2.75) is 25.9 Å². The maximum atomic E-state index is 13.2. The normalized spacial score (nSPS) is 16.0. The molecule has 4 rings (SSSR count). The number of methoxy groups -OCH3 is 1. The summed E-state index contributed by atoms with van der Waals surface area (Å²) in [5.41, 5.74) is 1.72. The van der Waals surface area contributed by atoms with Gasteiger partial charge in [-0.2, -0.15) is 0 Å². The molecule has 1 atom stereocenters. The smallest absolute Gasteiger partial charge is 0.266 e. The fourth-order valence-electron chi connectivity index (χ4n) is 3.43. The minimum Gasteiger partial charge on any atom is -0.494 e. The summed E-state index contributed by atoms with van der Waals surface area (Å²) in [6.07, 6.45) is 1.89. The van der Waals surface area contributed by atoms with Crippen LogP contribution in [0.2, 0.25) is 5.02 Å². The zero-order valence-corrected chi connectivity index (χ0v) is 18.5. The van der Waals surface area contributed by atoms with E-state index in [4.69, 9.17) is 25.8 Å². The van der Waals surface area contributed by atoms with Gasteiger partial charge in [0, 0.05) is 6.61 Å². The van der Waals surface area contributed by atoms with Crippen molar-refractivity contribution in [1.82, 2.24) is 4.98 Å². The lowest BCUT2D eigenvalue weighted by atomic mass is 10.2. The molecular weight excluding hydrogens is 424 g/mol. The average molecular weight is 447 g/mol. The van der Waals surface area contributed by atoms with E-state index >= 15 is 0 Å². The number of anilines is 1. The third kappa shape index (κ3) is 4.53. The highest BCUT2D eigenvalue weighted by molar-refractivity contribution is 7.23. The van der Waals surface area contributed by atoms with Crippen LogP contribution in [0.4, 0.5) is 5.13 Å². The molecule has 1 saturated heterocycles. The van der Waals surface area contributed by atoms with Crippen molar-refractivity contribution in [2.75, 3.05) is 31.8 Å². The number of hydrogen-bond acceptors (Lipinski definition) is 6. The Labute approximate surface area is 184 Å². The van der Waals surface area contributed by atoms with E-state index in [9.17, 15) is 4.79 Å². The predicted molar refractivity (Wildman–Crippen MR) is 119 cm³/mol. The third-order valence-corrected chi connectivity index (χ3v) is 6.50. The van der Waals surface area contributed by atoms with Crippen molar-refractivity contribution in [1.29, 1.82) is 0 Å². The summed E-state index contributed by atoms with van der Waals surface area (Å²) in [7, 11) is 1.59. The molecule has 1 unspecified atom stereocenters. The number of carbonyl (C=O) groups is 1. The molecule has 158 valence electrons. The number of halogens is 1. The Kier molecular flexibility index (Phi) is 6.41. The van der Waals surface area contributed by atoms with Gasteiger partial charge in [-0.25, -0.2) is 4.98 Å². The van der Waals surface area contributed by atoms with Gasteiger partial charge in [0.05, 0.1) is 29.5 Å². The number of ether oxygens (including phenoxy) is 3. The summed E-state index contributed by atoms with van der Waals surface area (Å²) in [4.78, 5) is 19.5. The largest absolute Gasteiger partial charge is 0.494 e. The summed E-state index contributed by atoms with van der Waals surface area (Å²) in [6, 6.07) is 11.2. The van der Waals surface area contributed by atoms with Crippen LogP contribution in [0.15, 0.2) is 36.4 Å². The number of fused-ring (bicyclic) bond motifs is 1. The molecule has 0 radical (unpaired) electrons. The molecule has 2 heterocycles. The zero-order valence-electron chi connectivity index (χ0n) is 16.9. The molecule has 2 aromatic carbocycles. The van der Waals surface area contributed by atoms with E-state index < -0.39 is 0 Å². The maximum absolute atomic E-state index is 13.2. The lowest BCUT2D eigenvalue weighted by Crippen LogP contribution is -2.40. The fraction of sp³-hybridized carbons (Fsp3) is 0.364. The molecule has 1 fully saturated rings. The summed E-state index contributed by atoms with van der Waals surface area (Å²) in [5, 5.41) is 1.14. The minimum absolute atomic E-state index is 0.0164. The van der Waals surface area contributed by atoms with E-state index in [1.807, 2.05) is 31.2 Å². The summed E-state index contributed by atoms with van der Waals surface area (Å²) in [6.45, 7) is 3.04. The highest BCUT2D eigenvalue weighted by Crippen LogP contribution is 2.39. The van der Waals surface area contributed by atoms with Gasteiger partial charge >= 0.3 is 0 Å². The Bertz CT molecular complexity index is 1050. The number of nitrogens with zero attached hydrogens (tertiary/aromatic N) is 2. The molecule has 6 nitrogen and oxygen atoms in total. The van der Waals surface area contributed by atoms with E-state index in [1.54, 1.807) is 24.1 Å². The van der Waals surface area contributed by atoms with Crippen molar-refractivity contribution in [2.24, 2.45) is 0 Å². The first kappa shape index (κ1) is 20.9. The molecule has 0 N–H and O–H groups in total. The lowest BCUT2D eigenvalue weighted by Gasteiger charge is -2.23. The van der Waals surface area contributed by atoms with Gasteiger partial charge in [-0.05, 0) is 49.6 Å². The van der Waals surface area contributed by atoms with Crippen molar-refractivity contribution >= 4 is 44.2 Å². The van der Waals surface area contributed by atoms with E-state index in [2.05, 4.69) is 4.98 Å². The summed E-state index contributed by atoms with van der Waals surface area (Å²) >= 11 is 7.74. The van der Waals surface area contributed by atoms with Crippen molar-refractivity contribution in [3.05, 3.63) is 47.0 Å². The third-order valence-electron chi connectivity index (χ3n) is 4.96. The first-order valence-corrected chi connectivity index (χ1v) is 11.0. The number of aromatic nitrogens is 1. The van der Waals surface area contributed by atoms with Crippen molar-refractivity contribution < 1.29 is 19.0 Å². The molecule has 1 amide bonds. The number of rotatable bonds is 7. The molecular formula is C22H23ClN2O4S. The molecule has 0 aliphatic carbocycles. The first-order chi connectivity index (χ1) is 14.5. The average Bonchev–Trinajstić information content (AvgIpc) is 3.41. The second-order valence-electron chi connectivity index (χ2n) is 7.17. The molecule has 0 saturated carbocycles. The van der Waals surface area contributed by atoms with E-state index in [0.717, 1.165) is 23.1 Å². The van der Waals surface area contributed by atoms with Crippen LogP contribution in [0.3, 0.4) is 0 Å². The molecule has 3 aromatic rings. The van der Waals surface area contributed by atoms with Gasteiger partial charge in [-0.15, -0.1) is 0 Å². The predicted octanol–water partition coefficient (Wildman–Crippen LogP) is 4.86. The van der Waals surface area contributed by atoms with E-state index in [1.165, 1.54) is 11.3 Å². The Morgan fingerprint density at radius 1 is 1.37 bits per heavy atom. The van der Waals surface area contributed by atoms with E-state index in [-0.39, 0.29) is 18.6 Å². The highest BCUT2D eigenvalue weighted by atomic mass is 35.5. The van der Waals surface area contributed by atoms with Crippen LogP contribution in [0.1, 0.15) is 18.4 Å². The molecule has 0 spiro atoms. The zero-order chi connectivity index (χ0) is 21.1. The van der Waals surface area contributed by atoms with Crippen LogP contribution in [0.5, 0.6) is 11.5 Å². The molecule has 1 aromatic heterocycles. The number of hydrogen-bond donors (Lipinski definition) is 0. The van der Waals surface area contributed by atoms with Gasteiger partial charge in [-0.1, -0.05) is 35.1 Å². The number of thiazole rings is 1. The molecule has 0 bridgehead atoms. The number of benzene rings is 2. The van der Waals surface area contributed by atoms with Crippen LogP contribution in [0.25, 0.3) is 10.2 Å². The van der Waals surface area contributed by atoms with Crippen LogP contribution in [0, 0.1) is 6.92 Å². The monoisotopic (exact) mass is 446 g/mol. The summed E-state index contributed by atoms with van der Waals surface area (Å²) in [5.74, 6) is 1.10. The number of carbonyl (C=O) groups excluding carboxylic acids is 1. The second-order valence-corrected chi connectivity index (χ2v) is 8.55. The minimum atomic E-state index is -0.179. The molecule has 8 heteroatoms.